The normalized spacial score (nSPS) is 10.3. The third-order valence-corrected chi connectivity index (χ3v) is 2.93. The average molecular weight is 249 g/mol. The molecule has 1 amide bonds. The summed E-state index contributed by atoms with van der Waals surface area (Å²) in [4.78, 5) is 11.9. The number of hydrogen-bond donors (Lipinski definition) is 1. The van der Waals surface area contributed by atoms with Crippen molar-refractivity contribution in [2.24, 2.45) is 7.05 Å². The number of aromatic nitrogens is 1. The van der Waals surface area contributed by atoms with Crippen LogP contribution in [-0.4, -0.2) is 10.5 Å². The molecule has 2 aromatic rings. The van der Waals surface area contributed by atoms with Gasteiger partial charge in [0.2, 0.25) is 0 Å². The Bertz CT molecular complexity index is 560. The third-order valence-electron chi connectivity index (χ3n) is 2.52. The molecule has 4 heteroatoms. The van der Waals surface area contributed by atoms with Crippen LogP contribution in [0.3, 0.4) is 0 Å². The van der Waals surface area contributed by atoms with Crippen molar-refractivity contribution in [1.29, 1.82) is 0 Å². The second-order valence-electron chi connectivity index (χ2n) is 3.98. The molecular weight excluding hydrogens is 236 g/mol. The first-order valence-electron chi connectivity index (χ1n) is 5.26. The minimum Gasteiger partial charge on any atom is -0.356 e. The van der Waals surface area contributed by atoms with Crippen LogP contribution in [0.25, 0.3) is 0 Å². The van der Waals surface area contributed by atoms with Gasteiger partial charge in [0, 0.05) is 30.2 Å². The molecule has 0 aliphatic heterocycles. The summed E-state index contributed by atoms with van der Waals surface area (Å²) in [6.45, 7) is 1.92. The van der Waals surface area contributed by atoms with Crippen molar-refractivity contribution in [3.63, 3.8) is 0 Å². The number of carbonyl (C=O) groups excluding carboxylic acids is 1. The fraction of sp³-hybridized carbons (Fsp3) is 0.154. The Kier molecular flexibility index (Phi) is 3.20. The summed E-state index contributed by atoms with van der Waals surface area (Å²) >= 11 is 5.99. The Morgan fingerprint density at radius 2 is 2.12 bits per heavy atom. The zero-order valence-electron chi connectivity index (χ0n) is 9.70. The molecule has 0 aliphatic rings. The Morgan fingerprint density at radius 1 is 1.35 bits per heavy atom. The van der Waals surface area contributed by atoms with Gasteiger partial charge in [0.1, 0.15) is 0 Å². The van der Waals surface area contributed by atoms with Crippen molar-refractivity contribution in [1.82, 2.24) is 4.57 Å². The van der Waals surface area contributed by atoms with Crippen LogP contribution in [0.2, 0.25) is 5.02 Å². The highest BCUT2D eigenvalue weighted by atomic mass is 35.5. The van der Waals surface area contributed by atoms with Gasteiger partial charge in [0.05, 0.1) is 5.56 Å². The number of hydrogen-bond acceptors (Lipinski definition) is 1. The molecule has 0 aliphatic carbocycles. The Morgan fingerprint density at radius 3 is 2.71 bits per heavy atom. The van der Waals surface area contributed by atoms with E-state index in [-0.39, 0.29) is 5.91 Å². The van der Waals surface area contributed by atoms with Gasteiger partial charge in [-0.3, -0.25) is 4.79 Å². The van der Waals surface area contributed by atoms with Crippen LogP contribution >= 0.6 is 11.6 Å². The molecule has 17 heavy (non-hydrogen) atoms. The maximum Gasteiger partial charge on any atom is 0.257 e. The van der Waals surface area contributed by atoms with E-state index < -0.39 is 0 Å². The third kappa shape index (κ3) is 2.68. The average Bonchev–Trinajstić information content (AvgIpc) is 2.70. The van der Waals surface area contributed by atoms with E-state index in [1.807, 2.05) is 36.9 Å². The number of benzene rings is 1. The summed E-state index contributed by atoms with van der Waals surface area (Å²) < 4.78 is 1.83. The largest absolute Gasteiger partial charge is 0.356 e. The van der Waals surface area contributed by atoms with E-state index in [0.29, 0.717) is 16.3 Å². The lowest BCUT2D eigenvalue weighted by molar-refractivity contribution is 0.102. The maximum absolute atomic E-state index is 11.9. The molecule has 0 atom stereocenters. The lowest BCUT2D eigenvalue weighted by atomic mass is 10.2. The van der Waals surface area contributed by atoms with Crippen LogP contribution in [0.1, 0.15) is 15.9 Å². The van der Waals surface area contributed by atoms with Crippen LogP contribution in [0.4, 0.5) is 5.69 Å². The van der Waals surface area contributed by atoms with Crippen LogP contribution in [0, 0.1) is 6.92 Å². The highest BCUT2D eigenvalue weighted by molar-refractivity contribution is 6.31. The molecule has 2 rings (SSSR count). The van der Waals surface area contributed by atoms with Gasteiger partial charge in [-0.1, -0.05) is 17.7 Å². The molecule has 88 valence electrons. The number of anilines is 1. The molecule has 1 heterocycles. The number of nitrogens with zero attached hydrogens (tertiary/aromatic N) is 1. The van der Waals surface area contributed by atoms with E-state index in [1.165, 1.54) is 0 Å². The monoisotopic (exact) mass is 248 g/mol. The molecule has 0 saturated carbocycles. The SMILES string of the molecule is Cc1ccc(NC(=O)c2ccn(C)c2)cc1Cl. The van der Waals surface area contributed by atoms with Crippen molar-refractivity contribution in [3.05, 3.63) is 52.8 Å². The quantitative estimate of drug-likeness (QED) is 0.870. The fourth-order valence-corrected chi connectivity index (χ4v) is 1.69. The highest BCUT2D eigenvalue weighted by Crippen LogP contribution is 2.20. The Hall–Kier alpha value is -1.74. The standard InChI is InChI=1S/C13H13ClN2O/c1-9-3-4-11(7-12(9)14)15-13(17)10-5-6-16(2)8-10/h3-8H,1-2H3,(H,15,17). The van der Waals surface area contributed by atoms with E-state index in [1.54, 1.807) is 18.3 Å². The predicted octanol–water partition coefficient (Wildman–Crippen LogP) is 3.24. The van der Waals surface area contributed by atoms with Gasteiger partial charge in [0.25, 0.3) is 5.91 Å². The fourth-order valence-electron chi connectivity index (χ4n) is 1.51. The van der Waals surface area contributed by atoms with Gasteiger partial charge in [0.15, 0.2) is 0 Å². The first-order valence-corrected chi connectivity index (χ1v) is 5.63. The molecule has 0 radical (unpaired) electrons. The zero-order valence-corrected chi connectivity index (χ0v) is 10.5. The lowest BCUT2D eigenvalue weighted by Crippen LogP contribution is -2.11. The van der Waals surface area contributed by atoms with Gasteiger partial charge < -0.3 is 9.88 Å². The number of amides is 1. The molecule has 1 N–H and O–H groups in total. The van der Waals surface area contributed by atoms with Crippen molar-refractivity contribution < 1.29 is 4.79 Å². The smallest absolute Gasteiger partial charge is 0.257 e. The summed E-state index contributed by atoms with van der Waals surface area (Å²) in [6.07, 6.45) is 3.60. The number of rotatable bonds is 2. The van der Waals surface area contributed by atoms with E-state index in [2.05, 4.69) is 5.32 Å². The molecular formula is C13H13ClN2O. The van der Waals surface area contributed by atoms with Crippen molar-refractivity contribution in [3.8, 4) is 0 Å². The van der Waals surface area contributed by atoms with Gasteiger partial charge in [-0.05, 0) is 30.7 Å². The molecule has 1 aromatic carbocycles. The summed E-state index contributed by atoms with van der Waals surface area (Å²) in [5.41, 5.74) is 2.32. The molecule has 0 fully saturated rings. The summed E-state index contributed by atoms with van der Waals surface area (Å²) in [7, 11) is 1.87. The number of aryl methyl sites for hydroxylation is 2. The summed E-state index contributed by atoms with van der Waals surface area (Å²) in [5.74, 6) is -0.134. The van der Waals surface area contributed by atoms with E-state index in [9.17, 15) is 4.79 Å². The van der Waals surface area contributed by atoms with Gasteiger partial charge in [-0.15, -0.1) is 0 Å². The number of halogens is 1. The van der Waals surface area contributed by atoms with Crippen molar-refractivity contribution in [2.45, 2.75) is 6.92 Å². The number of nitrogens with one attached hydrogen (secondary N) is 1. The molecule has 0 unspecified atom stereocenters. The minimum atomic E-state index is -0.134. The maximum atomic E-state index is 11.9. The second-order valence-corrected chi connectivity index (χ2v) is 4.39. The van der Waals surface area contributed by atoms with E-state index in [0.717, 1.165) is 5.56 Å². The Labute approximate surface area is 105 Å². The van der Waals surface area contributed by atoms with Gasteiger partial charge >= 0.3 is 0 Å². The molecule has 0 bridgehead atoms. The van der Waals surface area contributed by atoms with Crippen LogP contribution < -0.4 is 5.32 Å². The van der Waals surface area contributed by atoms with E-state index >= 15 is 0 Å². The molecule has 0 saturated heterocycles. The lowest BCUT2D eigenvalue weighted by Gasteiger charge is -2.05. The van der Waals surface area contributed by atoms with Gasteiger partial charge in [-0.25, -0.2) is 0 Å². The summed E-state index contributed by atoms with van der Waals surface area (Å²) in [5, 5.41) is 3.45. The molecule has 1 aromatic heterocycles. The minimum absolute atomic E-state index is 0.134. The van der Waals surface area contributed by atoms with Crippen molar-refractivity contribution >= 4 is 23.2 Å². The number of carbonyl (C=O) groups is 1. The van der Waals surface area contributed by atoms with Crippen LogP contribution in [0.15, 0.2) is 36.7 Å². The summed E-state index contributed by atoms with van der Waals surface area (Å²) in [6, 6.07) is 7.23. The first kappa shape index (κ1) is 11.7. The highest BCUT2D eigenvalue weighted by Gasteiger charge is 2.07. The van der Waals surface area contributed by atoms with Crippen LogP contribution in [-0.2, 0) is 7.05 Å². The van der Waals surface area contributed by atoms with Crippen LogP contribution in [0.5, 0.6) is 0 Å². The topological polar surface area (TPSA) is 34.0 Å². The molecule has 3 nitrogen and oxygen atoms in total. The molecule has 0 spiro atoms. The van der Waals surface area contributed by atoms with E-state index in [4.69, 9.17) is 11.6 Å². The first-order chi connectivity index (χ1) is 8.06. The second kappa shape index (κ2) is 4.63. The predicted molar refractivity (Wildman–Crippen MR) is 69.6 cm³/mol. The zero-order chi connectivity index (χ0) is 12.4. The van der Waals surface area contributed by atoms with Gasteiger partial charge in [-0.2, -0.15) is 0 Å². The Balaban J connectivity index is 2.15. The van der Waals surface area contributed by atoms with Crippen molar-refractivity contribution in [2.75, 3.05) is 5.32 Å².